The van der Waals surface area contributed by atoms with E-state index in [0.717, 1.165) is 4.31 Å². The molecule has 0 radical (unpaired) electrons. The smallest absolute Gasteiger partial charge is 0.264 e. The molecule has 0 aliphatic rings. The van der Waals surface area contributed by atoms with Gasteiger partial charge in [0.05, 0.1) is 10.6 Å². The van der Waals surface area contributed by atoms with Crippen molar-refractivity contribution in [2.75, 3.05) is 17.4 Å². The molecule has 0 aliphatic heterocycles. The molecular formula is C27H28Cl3N3O4S. The van der Waals surface area contributed by atoms with Gasteiger partial charge in [-0.2, -0.15) is 0 Å². The van der Waals surface area contributed by atoms with E-state index in [0.29, 0.717) is 33.6 Å². The van der Waals surface area contributed by atoms with Gasteiger partial charge in [-0.1, -0.05) is 66.0 Å². The maximum atomic E-state index is 13.9. The zero-order chi connectivity index (χ0) is 27.9. The number of benzene rings is 3. The molecule has 202 valence electrons. The third-order valence-electron chi connectivity index (χ3n) is 5.82. The Balaban J connectivity index is 2.06. The first-order chi connectivity index (χ1) is 18.1. The number of hydrogen-bond acceptors (Lipinski definition) is 4. The van der Waals surface area contributed by atoms with Gasteiger partial charge in [-0.05, 0) is 67.4 Å². The van der Waals surface area contributed by atoms with Crippen LogP contribution in [0.15, 0.2) is 77.7 Å². The summed E-state index contributed by atoms with van der Waals surface area (Å²) >= 11 is 18.5. The highest BCUT2D eigenvalue weighted by Crippen LogP contribution is 2.27. The second-order valence-electron chi connectivity index (χ2n) is 8.38. The van der Waals surface area contributed by atoms with Crippen LogP contribution < -0.4 is 9.62 Å². The van der Waals surface area contributed by atoms with Crippen molar-refractivity contribution in [2.24, 2.45) is 0 Å². The number of nitrogens with one attached hydrogen (secondary N) is 1. The largest absolute Gasteiger partial charge is 0.355 e. The van der Waals surface area contributed by atoms with Crippen molar-refractivity contribution in [1.82, 2.24) is 10.2 Å². The summed E-state index contributed by atoms with van der Waals surface area (Å²) in [5.41, 5.74) is 0.818. The van der Waals surface area contributed by atoms with Crippen molar-refractivity contribution in [2.45, 2.75) is 37.8 Å². The molecule has 0 saturated heterocycles. The number of likely N-dealkylation sites (N-methyl/N-ethyl adjacent to an activating group) is 1. The van der Waals surface area contributed by atoms with Crippen molar-refractivity contribution in [3.8, 4) is 0 Å². The minimum atomic E-state index is -4.15. The SMILES string of the molecule is CCNC(=O)C(CC)N(Cc1ccc(Cl)cc1Cl)C(=O)CN(c1ccc(Cl)cc1)S(=O)(=O)c1ccccc1. The average molecular weight is 597 g/mol. The maximum absolute atomic E-state index is 13.9. The summed E-state index contributed by atoms with van der Waals surface area (Å²) in [6, 6.07) is 18.0. The number of carbonyl (C=O) groups excluding carboxylic acids is 2. The summed E-state index contributed by atoms with van der Waals surface area (Å²) in [7, 11) is -4.15. The molecule has 7 nitrogen and oxygen atoms in total. The Morgan fingerprint density at radius 2 is 1.53 bits per heavy atom. The van der Waals surface area contributed by atoms with Crippen LogP contribution in [0.3, 0.4) is 0 Å². The lowest BCUT2D eigenvalue weighted by molar-refractivity contribution is -0.140. The lowest BCUT2D eigenvalue weighted by Crippen LogP contribution is -2.52. The fraction of sp³-hybridized carbons (Fsp3) is 0.259. The molecule has 3 aromatic rings. The van der Waals surface area contributed by atoms with Crippen LogP contribution >= 0.6 is 34.8 Å². The van der Waals surface area contributed by atoms with Crippen LogP contribution in [0, 0.1) is 0 Å². The van der Waals surface area contributed by atoms with E-state index in [2.05, 4.69) is 5.32 Å². The molecule has 38 heavy (non-hydrogen) atoms. The molecule has 11 heteroatoms. The third-order valence-corrected chi connectivity index (χ3v) is 8.44. The van der Waals surface area contributed by atoms with Crippen molar-refractivity contribution in [3.63, 3.8) is 0 Å². The summed E-state index contributed by atoms with van der Waals surface area (Å²) in [5, 5.41) is 3.92. The molecule has 0 aliphatic carbocycles. The molecule has 0 fully saturated rings. The molecule has 0 aromatic heterocycles. The molecule has 0 spiro atoms. The summed E-state index contributed by atoms with van der Waals surface area (Å²) in [4.78, 5) is 28.2. The summed E-state index contributed by atoms with van der Waals surface area (Å²) in [6.07, 6.45) is 0.301. The van der Waals surface area contributed by atoms with Gasteiger partial charge < -0.3 is 10.2 Å². The topological polar surface area (TPSA) is 86.8 Å². The number of rotatable bonds is 11. The minimum absolute atomic E-state index is 0.0193. The number of sulfonamides is 1. The molecule has 3 aromatic carbocycles. The Morgan fingerprint density at radius 3 is 2.11 bits per heavy atom. The van der Waals surface area contributed by atoms with Gasteiger partial charge in [-0.25, -0.2) is 8.42 Å². The van der Waals surface area contributed by atoms with E-state index in [9.17, 15) is 18.0 Å². The van der Waals surface area contributed by atoms with Crippen LogP contribution in [-0.4, -0.2) is 44.3 Å². The molecule has 1 atom stereocenters. The standard InChI is InChI=1S/C27H28Cl3N3O4S/c1-3-25(27(35)31-4-2)32(17-19-10-11-21(29)16-24(19)30)26(34)18-33(22-14-12-20(28)13-15-22)38(36,37)23-8-6-5-7-9-23/h5-16,25H,3-4,17-18H2,1-2H3,(H,31,35). The molecule has 0 heterocycles. The highest BCUT2D eigenvalue weighted by Gasteiger charge is 2.33. The monoisotopic (exact) mass is 595 g/mol. The van der Waals surface area contributed by atoms with Crippen LogP contribution in [0.1, 0.15) is 25.8 Å². The zero-order valence-electron chi connectivity index (χ0n) is 20.9. The van der Waals surface area contributed by atoms with Gasteiger partial charge >= 0.3 is 0 Å². The van der Waals surface area contributed by atoms with E-state index < -0.39 is 28.5 Å². The Morgan fingerprint density at radius 1 is 0.895 bits per heavy atom. The number of hydrogen-bond donors (Lipinski definition) is 1. The Hall–Kier alpha value is -2.78. The van der Waals surface area contributed by atoms with Crippen molar-refractivity contribution in [3.05, 3.63) is 93.4 Å². The summed E-state index contributed by atoms with van der Waals surface area (Å²) in [6.45, 7) is 3.35. The van der Waals surface area contributed by atoms with E-state index in [4.69, 9.17) is 34.8 Å². The van der Waals surface area contributed by atoms with Gasteiger partial charge in [0, 0.05) is 28.2 Å². The lowest BCUT2D eigenvalue weighted by atomic mass is 10.1. The fourth-order valence-corrected chi connectivity index (χ4v) is 5.93. The van der Waals surface area contributed by atoms with Gasteiger partial charge in [0.2, 0.25) is 11.8 Å². The zero-order valence-corrected chi connectivity index (χ0v) is 24.0. The first-order valence-corrected chi connectivity index (χ1v) is 14.5. The van der Waals surface area contributed by atoms with Crippen LogP contribution in [0.2, 0.25) is 15.1 Å². The predicted octanol–water partition coefficient (Wildman–Crippen LogP) is 5.79. The van der Waals surface area contributed by atoms with Crippen LogP contribution in [0.4, 0.5) is 5.69 Å². The Kier molecular flexibility index (Phi) is 10.4. The van der Waals surface area contributed by atoms with E-state index in [1.54, 1.807) is 62.4 Å². The number of anilines is 1. The molecule has 1 unspecified atom stereocenters. The highest BCUT2D eigenvalue weighted by atomic mass is 35.5. The summed E-state index contributed by atoms with van der Waals surface area (Å²) < 4.78 is 28.4. The number of amides is 2. The quantitative estimate of drug-likeness (QED) is 0.304. The molecule has 2 amide bonds. The second-order valence-corrected chi connectivity index (χ2v) is 11.5. The third kappa shape index (κ3) is 7.20. The van der Waals surface area contributed by atoms with E-state index in [1.807, 2.05) is 0 Å². The molecule has 3 rings (SSSR count). The van der Waals surface area contributed by atoms with Crippen molar-refractivity contribution in [1.29, 1.82) is 0 Å². The van der Waals surface area contributed by atoms with Crippen LogP contribution in [-0.2, 0) is 26.2 Å². The van der Waals surface area contributed by atoms with Gasteiger partial charge in [0.25, 0.3) is 10.0 Å². The van der Waals surface area contributed by atoms with Gasteiger partial charge in [0.15, 0.2) is 0 Å². The van der Waals surface area contributed by atoms with Gasteiger partial charge in [-0.15, -0.1) is 0 Å². The van der Waals surface area contributed by atoms with Gasteiger partial charge in [0.1, 0.15) is 12.6 Å². The van der Waals surface area contributed by atoms with Crippen molar-refractivity contribution < 1.29 is 18.0 Å². The van der Waals surface area contributed by atoms with Crippen LogP contribution in [0.5, 0.6) is 0 Å². The Bertz CT molecular complexity index is 1370. The fourth-order valence-electron chi connectivity index (χ4n) is 3.90. The van der Waals surface area contributed by atoms with Crippen molar-refractivity contribution >= 4 is 62.3 Å². The highest BCUT2D eigenvalue weighted by molar-refractivity contribution is 7.92. The Labute approximate surface area is 238 Å². The summed E-state index contributed by atoms with van der Waals surface area (Å²) in [5.74, 6) is -0.930. The second kappa shape index (κ2) is 13.3. The first-order valence-electron chi connectivity index (χ1n) is 11.9. The predicted molar refractivity (Wildman–Crippen MR) is 152 cm³/mol. The molecule has 0 saturated carbocycles. The number of carbonyl (C=O) groups is 2. The minimum Gasteiger partial charge on any atom is -0.355 e. The number of halogens is 3. The average Bonchev–Trinajstić information content (AvgIpc) is 2.89. The van der Waals surface area contributed by atoms with E-state index in [-0.39, 0.29) is 23.0 Å². The molecule has 0 bridgehead atoms. The maximum Gasteiger partial charge on any atom is 0.264 e. The first kappa shape index (κ1) is 29.8. The van der Waals surface area contributed by atoms with E-state index >= 15 is 0 Å². The van der Waals surface area contributed by atoms with Crippen LogP contribution in [0.25, 0.3) is 0 Å². The normalized spacial score (nSPS) is 12.0. The lowest BCUT2D eigenvalue weighted by Gasteiger charge is -2.33. The van der Waals surface area contributed by atoms with E-state index in [1.165, 1.54) is 29.2 Å². The molecular weight excluding hydrogens is 569 g/mol. The molecule has 1 N–H and O–H groups in total. The van der Waals surface area contributed by atoms with Gasteiger partial charge in [-0.3, -0.25) is 13.9 Å². The number of nitrogens with zero attached hydrogens (tertiary/aromatic N) is 2.